The summed E-state index contributed by atoms with van der Waals surface area (Å²) in [6.07, 6.45) is 0. The lowest BCUT2D eigenvalue weighted by atomic mass is 10.4. The summed E-state index contributed by atoms with van der Waals surface area (Å²) < 4.78 is 0. The molecule has 0 aliphatic rings. The number of anilines is 2. The molecule has 4 N–H and O–H groups in total. The third kappa shape index (κ3) is 1.35. The molecule has 0 aliphatic heterocycles. The Morgan fingerprint density at radius 2 is 1.83 bits per heavy atom. The lowest BCUT2D eigenvalue weighted by Crippen LogP contribution is -2.02. The van der Waals surface area contributed by atoms with Gasteiger partial charge in [-0.05, 0) is 5.18 Å². The van der Waals surface area contributed by atoms with Crippen molar-refractivity contribution in [2.75, 3.05) is 11.5 Å². The zero-order valence-corrected chi connectivity index (χ0v) is 6.71. The second-order valence-corrected chi connectivity index (χ2v) is 2.15. The summed E-state index contributed by atoms with van der Waals surface area (Å²) in [5.41, 5.74) is 10.5. The molecule has 62 valence electrons. The third-order valence-electron chi connectivity index (χ3n) is 1.15. The highest BCUT2D eigenvalue weighted by Gasteiger charge is 2.08. The quantitative estimate of drug-likeness (QED) is 0.507. The number of aromatic nitrogens is 2. The van der Waals surface area contributed by atoms with Crippen LogP contribution < -0.4 is 11.5 Å². The Morgan fingerprint density at radius 3 is 2.17 bits per heavy atom. The van der Waals surface area contributed by atoms with Crippen LogP contribution in [0.3, 0.4) is 0 Å². The predicted molar refractivity (Wildman–Crippen MR) is 49.1 cm³/mol. The van der Waals surface area contributed by atoms with Gasteiger partial charge in [-0.25, -0.2) is 9.97 Å². The van der Waals surface area contributed by atoms with E-state index in [-0.39, 0.29) is 23.1 Å². The molecule has 1 heterocycles. The fraction of sp³-hybridized carbons (Fsp3) is 0. The van der Waals surface area contributed by atoms with Crippen LogP contribution in [0.2, 0.25) is 0 Å². The highest BCUT2D eigenvalue weighted by molar-refractivity contribution is 7.79. The average Bonchev–Trinajstić information content (AvgIpc) is 2.03. The number of nitroso groups, excluding NO2 is 1. The van der Waals surface area contributed by atoms with E-state index in [1.54, 1.807) is 0 Å². The first kappa shape index (κ1) is 8.47. The van der Waals surface area contributed by atoms with Gasteiger partial charge in [-0.3, -0.25) is 0 Å². The van der Waals surface area contributed by atoms with Crippen LogP contribution in [-0.4, -0.2) is 15.3 Å². The summed E-state index contributed by atoms with van der Waals surface area (Å²) in [6.45, 7) is 0. The first-order valence-electron chi connectivity index (χ1n) is 2.90. The zero-order valence-electron chi connectivity index (χ0n) is 5.89. The van der Waals surface area contributed by atoms with E-state index in [1.807, 2.05) is 0 Å². The molecular weight excluding hydrogens is 178 g/mol. The zero-order chi connectivity index (χ0) is 9.14. The van der Waals surface area contributed by atoms with Crippen molar-refractivity contribution in [1.82, 2.24) is 9.97 Å². The van der Waals surface area contributed by atoms with Crippen molar-refractivity contribution in [2.45, 2.75) is 0 Å². The van der Waals surface area contributed by atoms with Crippen molar-refractivity contribution in [3.05, 3.63) is 10.7 Å². The summed E-state index contributed by atoms with van der Waals surface area (Å²) in [7, 11) is 0. The maximum Gasteiger partial charge on any atom is 0.192 e. The van der Waals surface area contributed by atoms with Crippen LogP contribution in [0.15, 0.2) is 5.18 Å². The maximum atomic E-state index is 10.1. The van der Waals surface area contributed by atoms with Gasteiger partial charge in [0.15, 0.2) is 23.1 Å². The molecule has 0 unspecified atom stereocenters. The number of hydrogen-bond acceptors (Lipinski definition) is 7. The Kier molecular flexibility index (Phi) is 2.24. The Hall–Kier alpha value is -1.63. The summed E-state index contributed by atoms with van der Waals surface area (Å²) >= 11 is 4.55. The molecule has 0 radical (unpaired) electrons. The van der Waals surface area contributed by atoms with Gasteiger partial charge in [0.1, 0.15) is 0 Å². The van der Waals surface area contributed by atoms with Crippen molar-refractivity contribution in [3.8, 4) is 0 Å². The molecule has 0 atom stereocenters. The van der Waals surface area contributed by atoms with Gasteiger partial charge in [0.2, 0.25) is 0 Å². The molecule has 1 aromatic heterocycles. The largest absolute Gasteiger partial charge is 0.382 e. The normalized spacial score (nSPS) is 9.33. The number of hydrogen-bond donors (Lipinski definition) is 2. The summed E-state index contributed by atoms with van der Waals surface area (Å²) in [6, 6.07) is 0. The molecule has 7 heteroatoms. The van der Waals surface area contributed by atoms with Crippen molar-refractivity contribution in [1.29, 1.82) is 0 Å². The fourth-order valence-electron chi connectivity index (χ4n) is 0.655. The van der Waals surface area contributed by atoms with E-state index >= 15 is 0 Å². The van der Waals surface area contributed by atoms with Crippen LogP contribution in [0.4, 0.5) is 17.3 Å². The topological polar surface area (TPSA) is 107 Å². The van der Waals surface area contributed by atoms with Gasteiger partial charge >= 0.3 is 0 Å². The van der Waals surface area contributed by atoms with E-state index in [0.717, 1.165) is 0 Å². The number of nitrogens with two attached hydrogens (primary N) is 2. The van der Waals surface area contributed by atoms with Gasteiger partial charge < -0.3 is 11.5 Å². The second kappa shape index (κ2) is 3.18. The molecule has 1 rings (SSSR count). The smallest absolute Gasteiger partial charge is 0.192 e. The molecule has 0 saturated carbocycles. The Balaban J connectivity index is 3.36. The highest BCUT2D eigenvalue weighted by Crippen LogP contribution is 2.24. The van der Waals surface area contributed by atoms with Gasteiger partial charge in [0.25, 0.3) is 0 Å². The average molecular weight is 183 g/mol. The number of nitrogen functional groups attached to an aromatic ring is 2. The lowest BCUT2D eigenvalue weighted by molar-refractivity contribution is 1.16. The molecule has 1 aromatic rings. The molecular formula is C5H5N5OS. The van der Waals surface area contributed by atoms with Crippen LogP contribution in [0.5, 0.6) is 0 Å². The fourth-order valence-corrected chi connectivity index (χ4v) is 0.761. The second-order valence-electron chi connectivity index (χ2n) is 1.91. The number of thiocarbonyl (C=S) groups is 1. The minimum absolute atomic E-state index is 0.0615. The molecule has 0 amide bonds. The van der Waals surface area contributed by atoms with Crippen molar-refractivity contribution < 1.29 is 0 Å². The Morgan fingerprint density at radius 1 is 1.33 bits per heavy atom. The molecule has 0 bridgehead atoms. The Labute approximate surface area is 73.0 Å². The van der Waals surface area contributed by atoms with Crippen LogP contribution in [-0.2, 0) is 0 Å². The molecule has 12 heavy (non-hydrogen) atoms. The Bertz CT molecular complexity index is 316. The first-order valence-corrected chi connectivity index (χ1v) is 3.37. The molecule has 6 nitrogen and oxygen atoms in total. The summed E-state index contributed by atoms with van der Waals surface area (Å²) in [5.74, 6) is 0.0783. The van der Waals surface area contributed by atoms with Gasteiger partial charge in [-0.2, -0.15) is 0 Å². The van der Waals surface area contributed by atoms with Crippen molar-refractivity contribution in [3.63, 3.8) is 0 Å². The van der Waals surface area contributed by atoms with E-state index < -0.39 is 0 Å². The van der Waals surface area contributed by atoms with Crippen molar-refractivity contribution in [2.24, 2.45) is 5.18 Å². The van der Waals surface area contributed by atoms with Crippen LogP contribution in [0.25, 0.3) is 0 Å². The van der Waals surface area contributed by atoms with E-state index in [0.29, 0.717) is 0 Å². The molecule has 0 saturated heterocycles. The van der Waals surface area contributed by atoms with Gasteiger partial charge in [0.05, 0.1) is 0 Å². The van der Waals surface area contributed by atoms with Crippen LogP contribution in [0, 0.1) is 4.91 Å². The van der Waals surface area contributed by atoms with E-state index in [2.05, 4.69) is 27.4 Å². The number of nitrogens with zero attached hydrogens (tertiary/aromatic N) is 3. The standard InChI is InChI=1S/C5H5N5OS/c6-4-3(10-11)5(7)9-2(1-12)8-4/h1H,(H4,6,7,8,9). The van der Waals surface area contributed by atoms with Gasteiger partial charge in [-0.15, -0.1) is 4.91 Å². The summed E-state index contributed by atoms with van der Waals surface area (Å²) in [5, 5.41) is 3.78. The van der Waals surface area contributed by atoms with E-state index in [1.165, 1.54) is 5.37 Å². The SMILES string of the molecule is Nc1nc(C=S)nc(N)c1N=O. The van der Waals surface area contributed by atoms with Crippen LogP contribution in [0.1, 0.15) is 5.82 Å². The van der Waals surface area contributed by atoms with Gasteiger partial charge in [-0.1, -0.05) is 12.2 Å². The van der Waals surface area contributed by atoms with E-state index in [9.17, 15) is 4.91 Å². The first-order chi connectivity index (χ1) is 5.69. The van der Waals surface area contributed by atoms with Crippen LogP contribution >= 0.6 is 12.2 Å². The molecule has 0 aliphatic carbocycles. The lowest BCUT2D eigenvalue weighted by Gasteiger charge is -1.99. The van der Waals surface area contributed by atoms with Gasteiger partial charge in [0, 0.05) is 5.37 Å². The number of rotatable bonds is 2. The summed E-state index contributed by atoms with van der Waals surface area (Å²) in [4.78, 5) is 17.4. The van der Waals surface area contributed by atoms with E-state index in [4.69, 9.17) is 11.5 Å². The maximum absolute atomic E-state index is 10.1. The highest BCUT2D eigenvalue weighted by atomic mass is 32.1. The third-order valence-corrected chi connectivity index (χ3v) is 1.36. The molecule has 0 fully saturated rings. The monoisotopic (exact) mass is 183 g/mol. The minimum atomic E-state index is -0.143. The molecule has 0 aromatic carbocycles. The minimum Gasteiger partial charge on any atom is -0.382 e. The molecule has 0 spiro atoms. The van der Waals surface area contributed by atoms with Crippen molar-refractivity contribution >= 4 is 34.9 Å². The predicted octanol–water partition coefficient (Wildman–Crippen LogP) is 0.387.